The van der Waals surface area contributed by atoms with Crippen LogP contribution in [0.4, 0.5) is 0 Å². The van der Waals surface area contributed by atoms with Gasteiger partial charge in [0.2, 0.25) is 0 Å². The Morgan fingerprint density at radius 1 is 1.29 bits per heavy atom. The fourth-order valence-corrected chi connectivity index (χ4v) is 2.90. The standard InChI is InChI=1S/C16H12N2O2S/c1-2-9-20-16(19)12-3-4-13-14(10-12)21-15(18-13)11-5-7-17-8-6-11/h2-8,10H,1,9H2. The molecule has 0 unspecified atom stereocenters. The summed E-state index contributed by atoms with van der Waals surface area (Å²) in [6, 6.07) is 9.20. The van der Waals surface area contributed by atoms with Crippen molar-refractivity contribution in [3.05, 3.63) is 60.9 Å². The molecule has 0 saturated carbocycles. The number of carbonyl (C=O) groups excluding carboxylic acids is 1. The van der Waals surface area contributed by atoms with Gasteiger partial charge in [-0.05, 0) is 30.3 Å². The fourth-order valence-electron chi connectivity index (χ4n) is 1.89. The molecule has 0 atom stereocenters. The van der Waals surface area contributed by atoms with Crippen molar-refractivity contribution >= 4 is 27.5 Å². The first kappa shape index (κ1) is 13.5. The van der Waals surface area contributed by atoms with E-state index in [0.29, 0.717) is 5.56 Å². The number of pyridine rings is 1. The van der Waals surface area contributed by atoms with Gasteiger partial charge in [0.15, 0.2) is 0 Å². The van der Waals surface area contributed by atoms with E-state index in [4.69, 9.17) is 4.74 Å². The summed E-state index contributed by atoms with van der Waals surface area (Å²) in [6.45, 7) is 3.73. The summed E-state index contributed by atoms with van der Waals surface area (Å²) in [4.78, 5) is 20.4. The Bertz CT molecular complexity index is 796. The van der Waals surface area contributed by atoms with E-state index in [-0.39, 0.29) is 12.6 Å². The van der Waals surface area contributed by atoms with Crippen LogP contribution in [0.2, 0.25) is 0 Å². The molecule has 104 valence electrons. The molecule has 21 heavy (non-hydrogen) atoms. The predicted octanol–water partition coefficient (Wildman–Crippen LogP) is 3.70. The number of carbonyl (C=O) groups is 1. The lowest BCUT2D eigenvalue weighted by Gasteiger charge is -2.00. The number of benzene rings is 1. The summed E-state index contributed by atoms with van der Waals surface area (Å²) >= 11 is 1.54. The van der Waals surface area contributed by atoms with Crippen LogP contribution in [0.1, 0.15) is 10.4 Å². The van der Waals surface area contributed by atoms with Gasteiger partial charge in [0, 0.05) is 18.0 Å². The second kappa shape index (κ2) is 5.85. The van der Waals surface area contributed by atoms with Crippen molar-refractivity contribution in [3.63, 3.8) is 0 Å². The van der Waals surface area contributed by atoms with E-state index in [0.717, 1.165) is 20.8 Å². The van der Waals surface area contributed by atoms with Crippen LogP contribution < -0.4 is 0 Å². The fraction of sp³-hybridized carbons (Fsp3) is 0.0625. The third-order valence-electron chi connectivity index (χ3n) is 2.88. The minimum absolute atomic E-state index is 0.210. The van der Waals surface area contributed by atoms with E-state index in [1.165, 1.54) is 11.3 Å². The number of aromatic nitrogens is 2. The summed E-state index contributed by atoms with van der Waals surface area (Å²) in [6.07, 6.45) is 5.02. The van der Waals surface area contributed by atoms with Crippen molar-refractivity contribution in [2.75, 3.05) is 6.61 Å². The van der Waals surface area contributed by atoms with Crippen LogP contribution in [0.3, 0.4) is 0 Å². The third-order valence-corrected chi connectivity index (χ3v) is 3.95. The van der Waals surface area contributed by atoms with Crippen molar-refractivity contribution in [1.82, 2.24) is 9.97 Å². The van der Waals surface area contributed by atoms with Gasteiger partial charge in [0.1, 0.15) is 11.6 Å². The maximum Gasteiger partial charge on any atom is 0.338 e. The van der Waals surface area contributed by atoms with Gasteiger partial charge < -0.3 is 4.74 Å². The lowest BCUT2D eigenvalue weighted by atomic mass is 10.2. The lowest BCUT2D eigenvalue weighted by Crippen LogP contribution is -2.04. The first-order valence-corrected chi connectivity index (χ1v) is 7.18. The van der Waals surface area contributed by atoms with Crippen LogP contribution >= 0.6 is 11.3 Å². The molecule has 0 saturated heterocycles. The van der Waals surface area contributed by atoms with Crippen molar-refractivity contribution in [1.29, 1.82) is 0 Å². The minimum Gasteiger partial charge on any atom is -0.458 e. The molecule has 0 amide bonds. The largest absolute Gasteiger partial charge is 0.458 e. The molecule has 0 aliphatic heterocycles. The monoisotopic (exact) mass is 296 g/mol. The van der Waals surface area contributed by atoms with Crippen LogP contribution in [0.25, 0.3) is 20.8 Å². The summed E-state index contributed by atoms with van der Waals surface area (Å²) in [5.74, 6) is -0.351. The normalized spacial score (nSPS) is 10.5. The average Bonchev–Trinajstić information content (AvgIpc) is 2.96. The number of nitrogens with zero attached hydrogens (tertiary/aromatic N) is 2. The molecule has 2 aromatic heterocycles. The Labute approximate surface area is 125 Å². The van der Waals surface area contributed by atoms with Gasteiger partial charge in [-0.25, -0.2) is 9.78 Å². The van der Waals surface area contributed by atoms with Crippen molar-refractivity contribution in [2.45, 2.75) is 0 Å². The molecule has 0 aliphatic carbocycles. The number of fused-ring (bicyclic) bond motifs is 1. The van der Waals surface area contributed by atoms with Gasteiger partial charge in [-0.15, -0.1) is 11.3 Å². The van der Waals surface area contributed by atoms with E-state index in [1.54, 1.807) is 24.5 Å². The van der Waals surface area contributed by atoms with Gasteiger partial charge in [-0.3, -0.25) is 4.98 Å². The summed E-state index contributed by atoms with van der Waals surface area (Å²) in [7, 11) is 0. The molecule has 5 heteroatoms. The van der Waals surface area contributed by atoms with E-state index < -0.39 is 0 Å². The smallest absolute Gasteiger partial charge is 0.338 e. The van der Waals surface area contributed by atoms with Crippen LogP contribution in [-0.4, -0.2) is 22.5 Å². The molecule has 4 nitrogen and oxygen atoms in total. The molecule has 0 N–H and O–H groups in total. The molecule has 0 aliphatic rings. The van der Waals surface area contributed by atoms with Crippen molar-refractivity contribution < 1.29 is 9.53 Å². The van der Waals surface area contributed by atoms with Crippen molar-refractivity contribution in [2.24, 2.45) is 0 Å². The van der Waals surface area contributed by atoms with E-state index in [2.05, 4.69) is 16.5 Å². The molecule has 0 fully saturated rings. The van der Waals surface area contributed by atoms with Crippen LogP contribution in [0.5, 0.6) is 0 Å². The Kier molecular flexibility index (Phi) is 3.75. The molecule has 0 bridgehead atoms. The molecule has 0 spiro atoms. The highest BCUT2D eigenvalue weighted by atomic mass is 32.1. The molecule has 2 heterocycles. The number of ether oxygens (including phenoxy) is 1. The van der Waals surface area contributed by atoms with Crippen LogP contribution in [0.15, 0.2) is 55.4 Å². The SMILES string of the molecule is C=CCOC(=O)c1ccc2nc(-c3ccncc3)sc2c1. The second-order valence-electron chi connectivity index (χ2n) is 4.32. The van der Waals surface area contributed by atoms with E-state index >= 15 is 0 Å². The number of rotatable bonds is 4. The number of esters is 1. The summed E-state index contributed by atoms with van der Waals surface area (Å²) < 4.78 is 5.99. The first-order chi connectivity index (χ1) is 10.3. The first-order valence-electron chi connectivity index (χ1n) is 6.37. The highest BCUT2D eigenvalue weighted by Crippen LogP contribution is 2.30. The molecule has 3 rings (SSSR count). The van der Waals surface area contributed by atoms with Gasteiger partial charge >= 0.3 is 5.97 Å². The van der Waals surface area contributed by atoms with E-state index in [9.17, 15) is 4.79 Å². The number of hydrogen-bond donors (Lipinski definition) is 0. The van der Waals surface area contributed by atoms with Gasteiger partial charge in [-0.2, -0.15) is 0 Å². The molecule has 1 aromatic carbocycles. The van der Waals surface area contributed by atoms with Crippen molar-refractivity contribution in [3.8, 4) is 10.6 Å². The molecular formula is C16H12N2O2S. The van der Waals surface area contributed by atoms with Crippen LogP contribution in [0, 0.1) is 0 Å². The van der Waals surface area contributed by atoms with Gasteiger partial charge in [0.25, 0.3) is 0 Å². The summed E-state index contributed by atoms with van der Waals surface area (Å²) in [5.41, 5.74) is 2.41. The minimum atomic E-state index is -0.351. The second-order valence-corrected chi connectivity index (χ2v) is 5.36. The Hall–Kier alpha value is -2.53. The van der Waals surface area contributed by atoms with Gasteiger partial charge in [0.05, 0.1) is 15.8 Å². The molecule has 3 aromatic rings. The zero-order chi connectivity index (χ0) is 14.7. The van der Waals surface area contributed by atoms with Crippen LogP contribution in [-0.2, 0) is 4.74 Å². The average molecular weight is 296 g/mol. The molecule has 0 radical (unpaired) electrons. The molecular weight excluding hydrogens is 284 g/mol. The highest BCUT2D eigenvalue weighted by molar-refractivity contribution is 7.21. The highest BCUT2D eigenvalue weighted by Gasteiger charge is 2.11. The number of hydrogen-bond acceptors (Lipinski definition) is 5. The lowest BCUT2D eigenvalue weighted by molar-refractivity contribution is 0.0550. The quantitative estimate of drug-likeness (QED) is 0.544. The Balaban J connectivity index is 1.95. The maximum atomic E-state index is 11.8. The third kappa shape index (κ3) is 2.83. The zero-order valence-electron chi connectivity index (χ0n) is 11.2. The van der Waals surface area contributed by atoms with E-state index in [1.807, 2.05) is 24.3 Å². The topological polar surface area (TPSA) is 52.1 Å². The Morgan fingerprint density at radius 2 is 2.10 bits per heavy atom. The zero-order valence-corrected chi connectivity index (χ0v) is 12.0. The summed E-state index contributed by atoms with van der Waals surface area (Å²) in [5, 5.41) is 0.906. The predicted molar refractivity (Wildman–Crippen MR) is 83.3 cm³/mol. The Morgan fingerprint density at radius 3 is 2.86 bits per heavy atom. The maximum absolute atomic E-state index is 11.8. The number of thiazole rings is 1. The van der Waals surface area contributed by atoms with Gasteiger partial charge in [-0.1, -0.05) is 12.7 Å².